The monoisotopic (exact) mass is 248 g/mol. The molecule has 1 saturated carbocycles. The number of hydrogen-bond donors (Lipinski definition) is 0. The van der Waals surface area contributed by atoms with E-state index in [1.165, 1.54) is 37.9 Å². The van der Waals surface area contributed by atoms with Crippen LogP contribution < -0.4 is 0 Å². The fourth-order valence-electron chi connectivity index (χ4n) is 3.31. The lowest BCUT2D eigenvalue weighted by molar-refractivity contribution is 0.0503. The molecule has 3 nitrogen and oxygen atoms in total. The van der Waals surface area contributed by atoms with Gasteiger partial charge in [0.05, 0.1) is 11.8 Å². The van der Waals surface area contributed by atoms with Crippen molar-refractivity contribution < 1.29 is 9.18 Å². The third-order valence-electron chi connectivity index (χ3n) is 4.09. The lowest BCUT2D eigenvalue weighted by Gasteiger charge is -2.41. The zero-order chi connectivity index (χ0) is 12.5. The van der Waals surface area contributed by atoms with E-state index < -0.39 is 5.82 Å². The largest absolute Gasteiger partial charge is 0.338 e. The maximum absolute atomic E-state index is 13.1. The topological polar surface area (TPSA) is 33.2 Å². The van der Waals surface area contributed by atoms with E-state index in [9.17, 15) is 9.18 Å². The summed E-state index contributed by atoms with van der Waals surface area (Å²) in [7, 11) is 0. The van der Waals surface area contributed by atoms with E-state index in [4.69, 9.17) is 0 Å². The van der Waals surface area contributed by atoms with Crippen molar-refractivity contribution >= 4 is 5.91 Å². The number of hydrogen-bond acceptors (Lipinski definition) is 2. The van der Waals surface area contributed by atoms with E-state index in [-0.39, 0.29) is 5.91 Å². The van der Waals surface area contributed by atoms with Crippen molar-refractivity contribution in [2.45, 2.75) is 25.7 Å². The fraction of sp³-hybridized carbons (Fsp3) is 0.571. The van der Waals surface area contributed by atoms with Crippen molar-refractivity contribution in [3.8, 4) is 0 Å². The van der Waals surface area contributed by atoms with Gasteiger partial charge >= 0.3 is 0 Å². The van der Waals surface area contributed by atoms with Crippen LogP contribution in [-0.2, 0) is 0 Å². The minimum Gasteiger partial charge on any atom is -0.338 e. The van der Waals surface area contributed by atoms with E-state index in [0.717, 1.165) is 19.3 Å². The summed E-state index contributed by atoms with van der Waals surface area (Å²) in [5.41, 5.74) is 0.370. The zero-order valence-corrected chi connectivity index (χ0v) is 10.3. The maximum Gasteiger partial charge on any atom is 0.255 e. The third-order valence-corrected chi connectivity index (χ3v) is 4.09. The Morgan fingerprint density at radius 3 is 2.67 bits per heavy atom. The molecule has 1 saturated heterocycles. The first-order chi connectivity index (χ1) is 8.72. The Bertz CT molecular complexity index is 451. The number of likely N-dealkylation sites (tertiary alicyclic amines) is 1. The highest BCUT2D eigenvalue weighted by Crippen LogP contribution is 2.34. The highest BCUT2D eigenvalue weighted by atomic mass is 19.1. The van der Waals surface area contributed by atoms with Gasteiger partial charge in [0.2, 0.25) is 0 Å². The Morgan fingerprint density at radius 1 is 1.28 bits per heavy atom. The number of carbonyl (C=O) groups is 1. The molecule has 0 radical (unpaired) electrons. The van der Waals surface area contributed by atoms with Crippen LogP contribution in [0.4, 0.5) is 4.39 Å². The first-order valence-electron chi connectivity index (χ1n) is 6.62. The summed E-state index contributed by atoms with van der Waals surface area (Å²) < 4.78 is 13.1. The second-order valence-corrected chi connectivity index (χ2v) is 5.50. The molecule has 2 fully saturated rings. The average molecular weight is 248 g/mol. The number of rotatable bonds is 1. The summed E-state index contributed by atoms with van der Waals surface area (Å²) in [6.45, 7) is 1.65. The average Bonchev–Trinajstić information content (AvgIpc) is 2.37. The predicted molar refractivity (Wildman–Crippen MR) is 65.5 cm³/mol. The first kappa shape index (κ1) is 11.6. The van der Waals surface area contributed by atoms with Crippen molar-refractivity contribution in [1.29, 1.82) is 0 Å². The van der Waals surface area contributed by atoms with E-state index in [0.29, 0.717) is 17.4 Å². The van der Waals surface area contributed by atoms with Gasteiger partial charge in [0.15, 0.2) is 0 Å². The molecule has 2 atom stereocenters. The van der Waals surface area contributed by atoms with Crippen LogP contribution in [0, 0.1) is 17.7 Å². The molecular formula is C14H17FN2O. The zero-order valence-electron chi connectivity index (χ0n) is 10.3. The van der Waals surface area contributed by atoms with Gasteiger partial charge in [-0.15, -0.1) is 0 Å². The molecule has 2 bridgehead atoms. The van der Waals surface area contributed by atoms with E-state index in [2.05, 4.69) is 4.98 Å². The minimum absolute atomic E-state index is 0.0707. The molecular weight excluding hydrogens is 231 g/mol. The number of fused-ring (bicyclic) bond motifs is 2. The number of pyridine rings is 1. The fourth-order valence-corrected chi connectivity index (χ4v) is 3.31. The Kier molecular flexibility index (Phi) is 3.02. The molecule has 4 heteroatoms. The first-order valence-corrected chi connectivity index (χ1v) is 6.62. The van der Waals surface area contributed by atoms with E-state index in [1.54, 1.807) is 0 Å². The van der Waals surface area contributed by atoms with Gasteiger partial charge in [0.25, 0.3) is 5.91 Å². The smallest absolute Gasteiger partial charge is 0.255 e. The normalized spacial score (nSPS) is 27.1. The highest BCUT2D eigenvalue weighted by Gasteiger charge is 2.33. The summed E-state index contributed by atoms with van der Waals surface area (Å²) >= 11 is 0. The Morgan fingerprint density at radius 2 is 2.00 bits per heavy atom. The van der Waals surface area contributed by atoms with Gasteiger partial charge in [-0.3, -0.25) is 9.78 Å². The van der Waals surface area contributed by atoms with Gasteiger partial charge in [-0.05, 0) is 37.2 Å². The van der Waals surface area contributed by atoms with E-state index in [1.807, 2.05) is 4.90 Å². The molecule has 0 N–H and O–H groups in total. The van der Waals surface area contributed by atoms with Crippen LogP contribution in [0.15, 0.2) is 18.5 Å². The summed E-state index contributed by atoms with van der Waals surface area (Å²) in [6.07, 6.45) is 7.57. The van der Waals surface area contributed by atoms with Crippen LogP contribution in [0.1, 0.15) is 36.0 Å². The third kappa shape index (κ3) is 2.24. The molecule has 1 aliphatic carbocycles. The SMILES string of the molecule is O=C(c1cncc(F)c1)N1C[C@@H]2CCC[C@H](C2)C1. The maximum atomic E-state index is 13.1. The second-order valence-electron chi connectivity index (χ2n) is 5.50. The highest BCUT2D eigenvalue weighted by molar-refractivity contribution is 5.94. The molecule has 0 unspecified atom stereocenters. The summed E-state index contributed by atoms with van der Waals surface area (Å²) in [5.74, 6) is 0.766. The molecule has 2 aliphatic rings. The lowest BCUT2D eigenvalue weighted by Crippen LogP contribution is -2.45. The van der Waals surface area contributed by atoms with Crippen LogP contribution >= 0.6 is 0 Å². The van der Waals surface area contributed by atoms with Crippen molar-refractivity contribution in [3.05, 3.63) is 29.8 Å². The molecule has 96 valence electrons. The van der Waals surface area contributed by atoms with E-state index >= 15 is 0 Å². The van der Waals surface area contributed by atoms with Gasteiger partial charge in [0.1, 0.15) is 5.82 Å². The minimum atomic E-state index is -0.446. The molecule has 2 heterocycles. The van der Waals surface area contributed by atoms with Crippen molar-refractivity contribution in [2.75, 3.05) is 13.1 Å². The van der Waals surface area contributed by atoms with Crippen LogP contribution in [0.5, 0.6) is 0 Å². The Labute approximate surface area is 106 Å². The quantitative estimate of drug-likeness (QED) is 0.765. The van der Waals surface area contributed by atoms with Crippen LogP contribution in [-0.4, -0.2) is 28.9 Å². The molecule has 0 aromatic carbocycles. The molecule has 3 rings (SSSR count). The van der Waals surface area contributed by atoms with Crippen LogP contribution in [0.2, 0.25) is 0 Å². The molecule has 1 aliphatic heterocycles. The molecule has 18 heavy (non-hydrogen) atoms. The number of aromatic nitrogens is 1. The molecule has 1 aromatic rings. The number of piperidine rings is 1. The Hall–Kier alpha value is -1.45. The predicted octanol–water partition coefficient (Wildman–Crippen LogP) is 2.48. The van der Waals surface area contributed by atoms with Crippen molar-refractivity contribution in [1.82, 2.24) is 9.88 Å². The number of amides is 1. The Balaban J connectivity index is 1.76. The van der Waals surface area contributed by atoms with Gasteiger partial charge in [0, 0.05) is 19.3 Å². The van der Waals surface area contributed by atoms with Crippen LogP contribution in [0.3, 0.4) is 0 Å². The van der Waals surface area contributed by atoms with Gasteiger partial charge in [-0.1, -0.05) is 6.42 Å². The van der Waals surface area contributed by atoms with Crippen molar-refractivity contribution in [3.63, 3.8) is 0 Å². The molecule has 0 spiro atoms. The summed E-state index contributed by atoms with van der Waals surface area (Å²) in [6, 6.07) is 1.28. The number of halogens is 1. The summed E-state index contributed by atoms with van der Waals surface area (Å²) in [4.78, 5) is 17.9. The standard InChI is InChI=1S/C14H17FN2O/c15-13-5-12(6-16-7-13)14(18)17-8-10-2-1-3-11(4-10)9-17/h5-7,10-11H,1-4,8-9H2/t10-,11-/m1/s1. The van der Waals surface area contributed by atoms with Gasteiger partial charge in [-0.2, -0.15) is 0 Å². The number of carbonyl (C=O) groups excluding carboxylic acids is 1. The summed E-state index contributed by atoms with van der Waals surface area (Å²) in [5, 5.41) is 0. The van der Waals surface area contributed by atoms with Gasteiger partial charge in [-0.25, -0.2) is 4.39 Å². The van der Waals surface area contributed by atoms with Gasteiger partial charge < -0.3 is 4.90 Å². The lowest BCUT2D eigenvalue weighted by atomic mass is 9.78. The van der Waals surface area contributed by atoms with Crippen molar-refractivity contribution in [2.24, 2.45) is 11.8 Å². The molecule has 1 amide bonds. The second kappa shape index (κ2) is 4.67. The molecule has 1 aromatic heterocycles. The van der Waals surface area contributed by atoms with Crippen LogP contribution in [0.25, 0.3) is 0 Å². The number of nitrogens with zero attached hydrogens (tertiary/aromatic N) is 2.